The first-order valence-electron chi connectivity index (χ1n) is 5.88. The van der Waals surface area contributed by atoms with Gasteiger partial charge in [-0.2, -0.15) is 13.2 Å². The Balaban J connectivity index is 2.68. The number of alkyl halides is 3. The molecule has 0 atom stereocenters. The lowest BCUT2D eigenvalue weighted by Crippen LogP contribution is -2.11. The van der Waals surface area contributed by atoms with Gasteiger partial charge in [-0.1, -0.05) is 13.0 Å². The number of halogens is 3. The fourth-order valence-electron chi connectivity index (χ4n) is 2.16. The van der Waals surface area contributed by atoms with Crippen molar-refractivity contribution in [1.29, 1.82) is 0 Å². The summed E-state index contributed by atoms with van der Waals surface area (Å²) in [4.78, 5) is 2.46. The molecule has 0 aliphatic heterocycles. The molecule has 0 amide bonds. The highest BCUT2D eigenvalue weighted by atomic mass is 19.4. The molecule has 0 saturated carbocycles. The zero-order valence-corrected chi connectivity index (χ0v) is 10.1. The molecule has 0 aliphatic rings. The summed E-state index contributed by atoms with van der Waals surface area (Å²) >= 11 is 0. The minimum atomic E-state index is -4.37. The third-order valence-electron chi connectivity index (χ3n) is 3.06. The van der Waals surface area contributed by atoms with Crippen LogP contribution in [-0.4, -0.2) is 11.5 Å². The average molecular weight is 256 g/mol. The van der Waals surface area contributed by atoms with Gasteiger partial charge in [0.1, 0.15) is 5.69 Å². The fourth-order valence-corrected chi connectivity index (χ4v) is 2.16. The number of aromatic nitrogens is 1. The number of nitrogens with one attached hydrogen (secondary N) is 1. The predicted octanol–water partition coefficient (Wildman–Crippen LogP) is 3.25. The topological polar surface area (TPSA) is 41.8 Å². The zero-order chi connectivity index (χ0) is 13.3. The second-order valence-corrected chi connectivity index (χ2v) is 4.25. The van der Waals surface area contributed by atoms with Gasteiger partial charge in [-0.05, 0) is 42.6 Å². The summed E-state index contributed by atoms with van der Waals surface area (Å²) < 4.78 is 38.8. The van der Waals surface area contributed by atoms with Crippen molar-refractivity contribution in [3.05, 3.63) is 35.0 Å². The predicted molar refractivity (Wildman–Crippen MR) is 65.4 cm³/mol. The van der Waals surface area contributed by atoms with Gasteiger partial charge in [0.15, 0.2) is 0 Å². The van der Waals surface area contributed by atoms with Crippen molar-refractivity contribution in [3.63, 3.8) is 0 Å². The molecule has 5 heteroatoms. The van der Waals surface area contributed by atoms with Gasteiger partial charge < -0.3 is 10.7 Å². The SMILES string of the molecule is CCc1ccc2[nH]c(C(F)(F)F)c(CCN)c2c1. The minimum Gasteiger partial charge on any atom is -0.351 e. The van der Waals surface area contributed by atoms with Crippen LogP contribution in [0.15, 0.2) is 18.2 Å². The number of hydrogen-bond acceptors (Lipinski definition) is 1. The van der Waals surface area contributed by atoms with E-state index >= 15 is 0 Å². The highest BCUT2D eigenvalue weighted by Gasteiger charge is 2.35. The molecule has 0 unspecified atom stereocenters. The molecular weight excluding hydrogens is 241 g/mol. The Kier molecular flexibility index (Phi) is 3.34. The summed E-state index contributed by atoms with van der Waals surface area (Å²) in [6.45, 7) is 2.17. The maximum absolute atomic E-state index is 12.9. The van der Waals surface area contributed by atoms with Gasteiger partial charge in [0.05, 0.1) is 0 Å². The average Bonchev–Trinajstić information content (AvgIpc) is 2.68. The van der Waals surface area contributed by atoms with E-state index in [1.54, 1.807) is 6.07 Å². The maximum atomic E-state index is 12.9. The first-order valence-corrected chi connectivity index (χ1v) is 5.88. The summed E-state index contributed by atoms with van der Waals surface area (Å²) in [5.41, 5.74) is 6.55. The Morgan fingerprint density at radius 2 is 2.00 bits per heavy atom. The van der Waals surface area contributed by atoms with E-state index in [0.717, 1.165) is 12.0 Å². The van der Waals surface area contributed by atoms with Crippen LogP contribution >= 0.6 is 0 Å². The van der Waals surface area contributed by atoms with Gasteiger partial charge in [-0.15, -0.1) is 0 Å². The first-order chi connectivity index (χ1) is 8.47. The molecule has 1 heterocycles. The number of H-pyrrole nitrogens is 1. The van der Waals surface area contributed by atoms with E-state index in [9.17, 15) is 13.2 Å². The first kappa shape index (κ1) is 13.0. The monoisotopic (exact) mass is 256 g/mol. The minimum absolute atomic E-state index is 0.201. The molecule has 2 aromatic rings. The number of aryl methyl sites for hydroxylation is 1. The van der Waals surface area contributed by atoms with Crippen LogP contribution in [0.4, 0.5) is 13.2 Å². The third kappa shape index (κ3) is 2.22. The third-order valence-corrected chi connectivity index (χ3v) is 3.06. The van der Waals surface area contributed by atoms with Crippen LogP contribution in [0.3, 0.4) is 0 Å². The van der Waals surface area contributed by atoms with E-state index < -0.39 is 11.9 Å². The summed E-state index contributed by atoms with van der Waals surface area (Å²) in [6.07, 6.45) is -3.34. The molecule has 18 heavy (non-hydrogen) atoms. The van der Waals surface area contributed by atoms with E-state index in [-0.39, 0.29) is 18.5 Å². The molecule has 1 aromatic heterocycles. The van der Waals surface area contributed by atoms with Gasteiger partial charge in [-0.3, -0.25) is 0 Å². The Hall–Kier alpha value is -1.49. The van der Waals surface area contributed by atoms with Crippen molar-refractivity contribution >= 4 is 10.9 Å². The lowest BCUT2D eigenvalue weighted by atomic mass is 10.0. The molecule has 2 nitrogen and oxygen atoms in total. The van der Waals surface area contributed by atoms with Gasteiger partial charge in [0.25, 0.3) is 0 Å². The molecule has 0 aliphatic carbocycles. The second-order valence-electron chi connectivity index (χ2n) is 4.25. The van der Waals surface area contributed by atoms with E-state index in [1.807, 2.05) is 19.1 Å². The fraction of sp³-hybridized carbons (Fsp3) is 0.385. The van der Waals surface area contributed by atoms with Crippen LogP contribution in [0.1, 0.15) is 23.7 Å². The van der Waals surface area contributed by atoms with Crippen LogP contribution in [0.5, 0.6) is 0 Å². The molecule has 0 radical (unpaired) electrons. The molecule has 0 bridgehead atoms. The van der Waals surface area contributed by atoms with Gasteiger partial charge >= 0.3 is 6.18 Å². The van der Waals surface area contributed by atoms with Crippen LogP contribution in [0, 0.1) is 0 Å². The summed E-state index contributed by atoms with van der Waals surface area (Å²) in [6, 6.07) is 5.35. The van der Waals surface area contributed by atoms with E-state index in [0.29, 0.717) is 10.9 Å². The zero-order valence-electron chi connectivity index (χ0n) is 10.1. The molecule has 0 fully saturated rings. The molecule has 0 saturated heterocycles. The highest BCUT2D eigenvalue weighted by molar-refractivity contribution is 5.85. The number of hydrogen-bond donors (Lipinski definition) is 2. The van der Waals surface area contributed by atoms with Crippen LogP contribution < -0.4 is 5.73 Å². The van der Waals surface area contributed by atoms with Crippen molar-refractivity contribution in [2.45, 2.75) is 25.9 Å². The van der Waals surface area contributed by atoms with Gasteiger partial charge in [-0.25, -0.2) is 0 Å². The maximum Gasteiger partial charge on any atom is 0.431 e. The molecule has 2 rings (SSSR count). The molecule has 98 valence electrons. The van der Waals surface area contributed by atoms with Crippen molar-refractivity contribution in [3.8, 4) is 0 Å². The van der Waals surface area contributed by atoms with Crippen molar-refractivity contribution in [1.82, 2.24) is 4.98 Å². The highest BCUT2D eigenvalue weighted by Crippen LogP contribution is 2.36. The molecule has 0 spiro atoms. The Morgan fingerprint density at radius 1 is 1.28 bits per heavy atom. The Labute approximate surface area is 103 Å². The summed E-state index contributed by atoms with van der Waals surface area (Å²) in [5, 5.41) is 0.632. The number of aromatic amines is 1. The molecule has 1 aromatic carbocycles. The van der Waals surface area contributed by atoms with Crippen LogP contribution in [-0.2, 0) is 19.0 Å². The van der Waals surface area contributed by atoms with E-state index in [2.05, 4.69) is 4.98 Å². The number of nitrogens with two attached hydrogens (primary N) is 1. The van der Waals surface area contributed by atoms with Crippen molar-refractivity contribution in [2.75, 3.05) is 6.54 Å². The van der Waals surface area contributed by atoms with Crippen LogP contribution in [0.25, 0.3) is 10.9 Å². The lowest BCUT2D eigenvalue weighted by molar-refractivity contribution is -0.141. The Bertz CT molecular complexity index is 555. The number of rotatable bonds is 3. The largest absolute Gasteiger partial charge is 0.431 e. The number of fused-ring (bicyclic) bond motifs is 1. The molecule has 3 N–H and O–H groups in total. The second kappa shape index (κ2) is 4.65. The van der Waals surface area contributed by atoms with E-state index in [4.69, 9.17) is 5.73 Å². The van der Waals surface area contributed by atoms with Gasteiger partial charge in [0.2, 0.25) is 0 Å². The standard InChI is InChI=1S/C13H15F3N2/c1-2-8-3-4-11-10(7-8)9(5-6-17)12(18-11)13(14,15)16/h3-4,7,18H,2,5-6,17H2,1H3. The summed E-state index contributed by atoms with van der Waals surface area (Å²) in [5.74, 6) is 0. The number of benzene rings is 1. The lowest BCUT2D eigenvalue weighted by Gasteiger charge is -2.07. The van der Waals surface area contributed by atoms with Crippen molar-refractivity contribution < 1.29 is 13.2 Å². The van der Waals surface area contributed by atoms with E-state index in [1.165, 1.54) is 0 Å². The molecular formula is C13H15F3N2. The smallest absolute Gasteiger partial charge is 0.351 e. The van der Waals surface area contributed by atoms with Crippen LogP contribution in [0.2, 0.25) is 0 Å². The Morgan fingerprint density at radius 3 is 2.56 bits per heavy atom. The quantitative estimate of drug-likeness (QED) is 0.869. The normalized spacial score (nSPS) is 12.3. The van der Waals surface area contributed by atoms with Crippen molar-refractivity contribution in [2.24, 2.45) is 5.73 Å². The van der Waals surface area contributed by atoms with Gasteiger partial charge in [0, 0.05) is 10.9 Å². The summed E-state index contributed by atoms with van der Waals surface area (Å²) in [7, 11) is 0.